The molecule has 0 radical (unpaired) electrons. The SMILES string of the molecule is O=C1NCCN1CCS(=O)(=O)c1ccccc1. The molecule has 2 amide bonds. The summed E-state index contributed by atoms with van der Waals surface area (Å²) in [4.78, 5) is 13.1. The van der Waals surface area contributed by atoms with Gasteiger partial charge >= 0.3 is 6.03 Å². The Kier molecular flexibility index (Phi) is 3.33. The summed E-state index contributed by atoms with van der Waals surface area (Å²) in [6.45, 7) is 1.40. The van der Waals surface area contributed by atoms with Crippen LogP contribution in [0.25, 0.3) is 0 Å². The zero-order chi connectivity index (χ0) is 12.3. The van der Waals surface area contributed by atoms with Gasteiger partial charge in [-0.1, -0.05) is 18.2 Å². The van der Waals surface area contributed by atoms with E-state index >= 15 is 0 Å². The zero-order valence-corrected chi connectivity index (χ0v) is 10.1. The van der Waals surface area contributed by atoms with Gasteiger partial charge < -0.3 is 10.2 Å². The summed E-state index contributed by atoms with van der Waals surface area (Å²) >= 11 is 0. The Morgan fingerprint density at radius 2 is 1.94 bits per heavy atom. The molecule has 17 heavy (non-hydrogen) atoms. The van der Waals surface area contributed by atoms with Crippen molar-refractivity contribution in [1.82, 2.24) is 10.2 Å². The number of nitrogens with one attached hydrogen (secondary N) is 1. The third-order valence-corrected chi connectivity index (χ3v) is 4.39. The van der Waals surface area contributed by atoms with Crippen LogP contribution in [-0.2, 0) is 9.84 Å². The Bertz CT molecular complexity index is 499. The summed E-state index contributed by atoms with van der Waals surface area (Å²) in [6.07, 6.45) is 0. The molecule has 1 heterocycles. The number of urea groups is 1. The molecule has 0 unspecified atom stereocenters. The second-order valence-electron chi connectivity index (χ2n) is 3.85. The van der Waals surface area contributed by atoms with E-state index in [9.17, 15) is 13.2 Å². The topological polar surface area (TPSA) is 66.5 Å². The molecule has 0 bridgehead atoms. The molecule has 92 valence electrons. The highest BCUT2D eigenvalue weighted by Crippen LogP contribution is 2.10. The van der Waals surface area contributed by atoms with Gasteiger partial charge in [0.1, 0.15) is 0 Å². The van der Waals surface area contributed by atoms with Crippen LogP contribution in [0.1, 0.15) is 0 Å². The molecule has 1 aromatic rings. The summed E-state index contributed by atoms with van der Waals surface area (Å²) in [5.41, 5.74) is 0. The number of rotatable bonds is 4. The normalized spacial score (nSPS) is 16.0. The van der Waals surface area contributed by atoms with Crippen molar-refractivity contribution in [3.63, 3.8) is 0 Å². The summed E-state index contributed by atoms with van der Waals surface area (Å²) in [6, 6.07) is 8.10. The number of sulfone groups is 1. The number of amides is 2. The van der Waals surface area contributed by atoms with E-state index in [4.69, 9.17) is 0 Å². The third-order valence-electron chi connectivity index (χ3n) is 2.68. The summed E-state index contributed by atoms with van der Waals surface area (Å²) in [5, 5.41) is 2.64. The molecule has 1 fully saturated rings. The first-order valence-electron chi connectivity index (χ1n) is 5.40. The monoisotopic (exact) mass is 254 g/mol. The fourth-order valence-electron chi connectivity index (χ4n) is 1.70. The highest BCUT2D eigenvalue weighted by Gasteiger charge is 2.22. The van der Waals surface area contributed by atoms with E-state index in [0.717, 1.165) is 0 Å². The first-order valence-corrected chi connectivity index (χ1v) is 7.05. The first kappa shape index (κ1) is 11.9. The molecule has 0 atom stereocenters. The lowest BCUT2D eigenvalue weighted by Gasteiger charge is -2.13. The Balaban J connectivity index is 2.01. The van der Waals surface area contributed by atoms with E-state index in [0.29, 0.717) is 18.0 Å². The van der Waals surface area contributed by atoms with Crippen LogP contribution in [0.4, 0.5) is 4.79 Å². The standard InChI is InChI=1S/C11H14N2O3S/c14-11-12-6-7-13(11)8-9-17(15,16)10-4-2-1-3-5-10/h1-5H,6-9H2,(H,12,14). The maximum Gasteiger partial charge on any atom is 0.317 e. The lowest BCUT2D eigenvalue weighted by atomic mass is 10.4. The smallest absolute Gasteiger partial charge is 0.317 e. The maximum atomic E-state index is 11.9. The number of hydrogen-bond donors (Lipinski definition) is 1. The van der Waals surface area contributed by atoms with Crippen LogP contribution < -0.4 is 5.32 Å². The van der Waals surface area contributed by atoms with Crippen LogP contribution in [0.2, 0.25) is 0 Å². The summed E-state index contributed by atoms with van der Waals surface area (Å²) in [7, 11) is -3.29. The Morgan fingerprint density at radius 3 is 2.53 bits per heavy atom. The molecule has 1 aliphatic rings. The average Bonchev–Trinajstić information content (AvgIpc) is 2.74. The fraction of sp³-hybridized carbons (Fsp3) is 0.364. The van der Waals surface area contributed by atoms with Gasteiger partial charge in [0.05, 0.1) is 10.6 Å². The number of carbonyl (C=O) groups is 1. The molecule has 0 aliphatic carbocycles. The van der Waals surface area contributed by atoms with E-state index in [-0.39, 0.29) is 18.3 Å². The number of hydrogen-bond acceptors (Lipinski definition) is 3. The van der Waals surface area contributed by atoms with E-state index < -0.39 is 9.84 Å². The van der Waals surface area contributed by atoms with E-state index in [1.54, 1.807) is 30.3 Å². The molecule has 6 heteroatoms. The minimum absolute atomic E-state index is 0.0373. The molecule has 1 aromatic carbocycles. The zero-order valence-electron chi connectivity index (χ0n) is 9.30. The summed E-state index contributed by atoms with van der Waals surface area (Å²) < 4.78 is 23.9. The Hall–Kier alpha value is -1.56. The van der Waals surface area contributed by atoms with Gasteiger partial charge in [-0.15, -0.1) is 0 Å². The van der Waals surface area contributed by atoms with E-state index in [1.807, 2.05) is 0 Å². The predicted molar refractivity (Wildman–Crippen MR) is 63.5 cm³/mol. The van der Waals surface area contributed by atoms with Crippen molar-refractivity contribution in [2.45, 2.75) is 4.90 Å². The fourth-order valence-corrected chi connectivity index (χ4v) is 2.97. The number of carbonyl (C=O) groups excluding carboxylic acids is 1. The van der Waals surface area contributed by atoms with Crippen LogP contribution >= 0.6 is 0 Å². The van der Waals surface area contributed by atoms with Gasteiger partial charge in [0.25, 0.3) is 0 Å². The largest absolute Gasteiger partial charge is 0.336 e. The number of nitrogens with zero attached hydrogens (tertiary/aromatic N) is 1. The van der Waals surface area contributed by atoms with E-state index in [2.05, 4.69) is 5.32 Å². The van der Waals surface area contributed by atoms with E-state index in [1.165, 1.54) is 4.90 Å². The van der Waals surface area contributed by atoms with Crippen molar-refractivity contribution in [2.75, 3.05) is 25.4 Å². The van der Waals surface area contributed by atoms with Crippen LogP contribution in [0.15, 0.2) is 35.2 Å². The minimum atomic E-state index is -3.29. The average molecular weight is 254 g/mol. The van der Waals surface area contributed by atoms with Crippen LogP contribution in [-0.4, -0.2) is 44.7 Å². The van der Waals surface area contributed by atoms with Gasteiger partial charge in [0, 0.05) is 19.6 Å². The van der Waals surface area contributed by atoms with Crippen LogP contribution in [0.5, 0.6) is 0 Å². The van der Waals surface area contributed by atoms with Crippen LogP contribution in [0.3, 0.4) is 0 Å². The van der Waals surface area contributed by atoms with Crippen molar-refractivity contribution in [3.8, 4) is 0 Å². The van der Waals surface area contributed by atoms with Gasteiger partial charge in [0.2, 0.25) is 0 Å². The summed E-state index contributed by atoms with van der Waals surface area (Å²) in [5.74, 6) is -0.0373. The molecule has 2 rings (SSSR count). The highest BCUT2D eigenvalue weighted by atomic mass is 32.2. The lowest BCUT2D eigenvalue weighted by molar-refractivity contribution is 0.220. The molecular weight excluding hydrogens is 240 g/mol. The molecule has 5 nitrogen and oxygen atoms in total. The molecule has 1 N–H and O–H groups in total. The van der Waals surface area contributed by atoms with Crippen molar-refractivity contribution < 1.29 is 13.2 Å². The molecule has 1 saturated heterocycles. The van der Waals surface area contributed by atoms with Gasteiger partial charge in [-0.05, 0) is 12.1 Å². The van der Waals surface area contributed by atoms with Crippen LogP contribution in [0, 0.1) is 0 Å². The molecule has 0 spiro atoms. The quantitative estimate of drug-likeness (QED) is 0.850. The van der Waals surface area contributed by atoms with Gasteiger partial charge in [-0.25, -0.2) is 13.2 Å². The minimum Gasteiger partial charge on any atom is -0.336 e. The number of benzene rings is 1. The molecule has 0 aromatic heterocycles. The second-order valence-corrected chi connectivity index (χ2v) is 5.96. The third kappa shape index (κ3) is 2.76. The van der Waals surface area contributed by atoms with Crippen molar-refractivity contribution in [2.24, 2.45) is 0 Å². The predicted octanol–water partition coefficient (Wildman–Crippen LogP) is 0.485. The van der Waals surface area contributed by atoms with Crippen molar-refractivity contribution in [1.29, 1.82) is 0 Å². The maximum absolute atomic E-state index is 11.9. The first-order chi connectivity index (χ1) is 8.09. The molecular formula is C11H14N2O3S. The Morgan fingerprint density at radius 1 is 1.24 bits per heavy atom. The van der Waals surface area contributed by atoms with Gasteiger partial charge in [-0.3, -0.25) is 0 Å². The Labute approximate surface area is 100 Å². The van der Waals surface area contributed by atoms with Gasteiger partial charge in [-0.2, -0.15) is 0 Å². The van der Waals surface area contributed by atoms with Crippen molar-refractivity contribution in [3.05, 3.63) is 30.3 Å². The molecule has 0 saturated carbocycles. The highest BCUT2D eigenvalue weighted by molar-refractivity contribution is 7.91. The van der Waals surface area contributed by atoms with Crippen molar-refractivity contribution >= 4 is 15.9 Å². The van der Waals surface area contributed by atoms with Gasteiger partial charge in [0.15, 0.2) is 9.84 Å². The molecule has 1 aliphatic heterocycles. The lowest BCUT2D eigenvalue weighted by Crippen LogP contribution is -2.32. The second kappa shape index (κ2) is 4.75.